The maximum absolute atomic E-state index is 13.0. The van der Waals surface area contributed by atoms with Gasteiger partial charge in [0.1, 0.15) is 4.90 Å². The molecule has 154 valence electrons. The van der Waals surface area contributed by atoms with Crippen LogP contribution in [0.2, 0.25) is 0 Å². The summed E-state index contributed by atoms with van der Waals surface area (Å²) in [4.78, 5) is 13.0. The summed E-state index contributed by atoms with van der Waals surface area (Å²) >= 11 is 0. The minimum atomic E-state index is -3.65. The monoisotopic (exact) mass is 419 g/mol. The van der Waals surface area contributed by atoms with Crippen LogP contribution in [0.15, 0.2) is 4.90 Å². The standard InChI is InChI=1S/C17H29N5O3S.ClH/c1-11-16(12(2)21-20-11)26(24,25)22-8-4-6-14(10-22)17(23)19-15-7-3-5-13(15)9-18;/h13-15H,3-10,18H2,1-2H3,(H,19,23)(H,20,21);1H. The van der Waals surface area contributed by atoms with Crippen LogP contribution in [-0.4, -0.2) is 54.5 Å². The minimum Gasteiger partial charge on any atom is -0.353 e. The van der Waals surface area contributed by atoms with Gasteiger partial charge < -0.3 is 11.1 Å². The molecule has 2 aliphatic rings. The number of nitrogens with zero attached hydrogens (tertiary/aromatic N) is 2. The number of rotatable bonds is 5. The summed E-state index contributed by atoms with van der Waals surface area (Å²) in [6.07, 6.45) is 4.47. The molecule has 1 aliphatic carbocycles. The molecule has 1 aromatic heterocycles. The second-order valence-electron chi connectivity index (χ2n) is 7.51. The van der Waals surface area contributed by atoms with Crippen molar-refractivity contribution in [2.24, 2.45) is 17.6 Å². The smallest absolute Gasteiger partial charge is 0.246 e. The number of hydrogen-bond donors (Lipinski definition) is 3. The number of piperidine rings is 1. The quantitative estimate of drug-likeness (QED) is 0.659. The van der Waals surface area contributed by atoms with Gasteiger partial charge in [0.2, 0.25) is 15.9 Å². The molecule has 0 aromatic carbocycles. The van der Waals surface area contributed by atoms with Gasteiger partial charge in [-0.15, -0.1) is 12.4 Å². The van der Waals surface area contributed by atoms with Gasteiger partial charge in [-0.2, -0.15) is 9.40 Å². The fourth-order valence-electron chi connectivity index (χ4n) is 4.23. The first kappa shape index (κ1) is 22.1. The molecule has 0 radical (unpaired) electrons. The molecule has 0 spiro atoms. The first-order chi connectivity index (χ1) is 12.3. The summed E-state index contributed by atoms with van der Waals surface area (Å²) in [5.41, 5.74) is 6.79. The van der Waals surface area contributed by atoms with E-state index in [9.17, 15) is 13.2 Å². The van der Waals surface area contributed by atoms with Crippen molar-refractivity contribution in [1.29, 1.82) is 0 Å². The third kappa shape index (κ3) is 4.47. The van der Waals surface area contributed by atoms with Crippen LogP contribution in [0.4, 0.5) is 0 Å². The topological polar surface area (TPSA) is 121 Å². The Morgan fingerprint density at radius 3 is 2.67 bits per heavy atom. The Kier molecular flexibility index (Phi) is 7.29. The first-order valence-electron chi connectivity index (χ1n) is 9.36. The zero-order valence-corrected chi connectivity index (χ0v) is 17.5. The number of carbonyl (C=O) groups excluding carboxylic acids is 1. The van der Waals surface area contributed by atoms with Crippen LogP contribution in [0, 0.1) is 25.7 Å². The second kappa shape index (κ2) is 8.89. The lowest BCUT2D eigenvalue weighted by atomic mass is 9.97. The predicted octanol–water partition coefficient (Wildman–Crippen LogP) is 1.09. The van der Waals surface area contributed by atoms with Crippen molar-refractivity contribution in [3.63, 3.8) is 0 Å². The number of aromatic nitrogens is 2. The third-order valence-corrected chi connectivity index (χ3v) is 7.83. The summed E-state index contributed by atoms with van der Waals surface area (Å²) in [5.74, 6) is -0.0282. The van der Waals surface area contributed by atoms with Crippen molar-refractivity contribution in [3.8, 4) is 0 Å². The molecule has 3 rings (SSSR count). The van der Waals surface area contributed by atoms with Gasteiger partial charge in [-0.3, -0.25) is 9.89 Å². The van der Waals surface area contributed by atoms with Gasteiger partial charge in [-0.1, -0.05) is 6.42 Å². The van der Waals surface area contributed by atoms with E-state index in [1.807, 2.05) is 0 Å². The molecule has 1 aliphatic heterocycles. The Morgan fingerprint density at radius 2 is 2.04 bits per heavy atom. The van der Waals surface area contributed by atoms with E-state index in [4.69, 9.17) is 5.73 Å². The molecule has 1 saturated heterocycles. The zero-order valence-electron chi connectivity index (χ0n) is 15.9. The lowest BCUT2D eigenvalue weighted by Gasteiger charge is -2.32. The van der Waals surface area contributed by atoms with Crippen LogP contribution in [0.5, 0.6) is 0 Å². The highest BCUT2D eigenvalue weighted by molar-refractivity contribution is 7.89. The summed E-state index contributed by atoms with van der Waals surface area (Å²) in [6.45, 7) is 4.62. The van der Waals surface area contributed by atoms with E-state index >= 15 is 0 Å². The summed E-state index contributed by atoms with van der Waals surface area (Å²) < 4.78 is 27.5. The zero-order chi connectivity index (χ0) is 18.9. The van der Waals surface area contributed by atoms with Gasteiger partial charge in [0, 0.05) is 19.1 Å². The molecule has 27 heavy (non-hydrogen) atoms. The molecule has 3 atom stereocenters. The fourth-order valence-corrected chi connectivity index (χ4v) is 6.09. The highest BCUT2D eigenvalue weighted by Gasteiger charge is 2.37. The molecule has 10 heteroatoms. The third-order valence-electron chi connectivity index (χ3n) is 5.70. The number of H-pyrrole nitrogens is 1. The minimum absolute atomic E-state index is 0. The highest BCUT2D eigenvalue weighted by atomic mass is 35.5. The van der Waals surface area contributed by atoms with Crippen molar-refractivity contribution in [3.05, 3.63) is 11.4 Å². The van der Waals surface area contributed by atoms with Gasteiger partial charge in [-0.25, -0.2) is 8.42 Å². The van der Waals surface area contributed by atoms with Gasteiger partial charge in [-0.05, 0) is 52.0 Å². The molecule has 4 N–H and O–H groups in total. The van der Waals surface area contributed by atoms with Gasteiger partial charge >= 0.3 is 0 Å². The van der Waals surface area contributed by atoms with E-state index in [0.717, 1.165) is 19.3 Å². The Morgan fingerprint density at radius 1 is 1.30 bits per heavy atom. The number of amides is 1. The van der Waals surface area contributed by atoms with Crippen molar-refractivity contribution < 1.29 is 13.2 Å². The van der Waals surface area contributed by atoms with E-state index in [1.54, 1.807) is 13.8 Å². The van der Waals surface area contributed by atoms with Crippen LogP contribution in [0.25, 0.3) is 0 Å². The average molecular weight is 420 g/mol. The van der Waals surface area contributed by atoms with Crippen LogP contribution < -0.4 is 11.1 Å². The molecule has 1 aromatic rings. The Balaban J connectivity index is 0.00000261. The van der Waals surface area contributed by atoms with E-state index in [0.29, 0.717) is 43.2 Å². The highest BCUT2D eigenvalue weighted by Crippen LogP contribution is 2.28. The van der Waals surface area contributed by atoms with E-state index < -0.39 is 10.0 Å². The predicted molar refractivity (Wildman–Crippen MR) is 105 cm³/mol. The lowest BCUT2D eigenvalue weighted by Crippen LogP contribution is -2.48. The number of nitrogens with one attached hydrogen (secondary N) is 2. The van der Waals surface area contributed by atoms with Crippen LogP contribution in [-0.2, 0) is 14.8 Å². The number of hydrogen-bond acceptors (Lipinski definition) is 5. The maximum atomic E-state index is 13.0. The SMILES string of the molecule is Cc1n[nH]c(C)c1S(=O)(=O)N1CCCC(C(=O)NC2CCCC2CN)C1.Cl. The fraction of sp³-hybridized carbons (Fsp3) is 0.765. The number of sulfonamides is 1. The lowest BCUT2D eigenvalue weighted by molar-refractivity contribution is -0.127. The molecular formula is C17H30ClN5O3S. The molecule has 1 saturated carbocycles. The van der Waals surface area contributed by atoms with Crippen molar-refractivity contribution in [2.45, 2.75) is 56.9 Å². The number of carbonyl (C=O) groups is 1. The summed E-state index contributed by atoms with van der Waals surface area (Å²) in [7, 11) is -3.65. The Labute approximate surface area is 167 Å². The van der Waals surface area contributed by atoms with Gasteiger partial charge in [0.25, 0.3) is 0 Å². The van der Waals surface area contributed by atoms with E-state index in [-0.39, 0.29) is 41.7 Å². The normalized spacial score (nSPS) is 26.6. The van der Waals surface area contributed by atoms with Crippen molar-refractivity contribution in [2.75, 3.05) is 19.6 Å². The summed E-state index contributed by atoms with van der Waals surface area (Å²) in [5, 5.41) is 9.84. The molecule has 1 amide bonds. The van der Waals surface area contributed by atoms with Crippen LogP contribution in [0.1, 0.15) is 43.5 Å². The summed E-state index contributed by atoms with van der Waals surface area (Å²) in [6, 6.07) is 0.123. The molecule has 0 bridgehead atoms. The van der Waals surface area contributed by atoms with E-state index in [1.165, 1.54) is 4.31 Å². The molecule has 2 heterocycles. The van der Waals surface area contributed by atoms with Crippen molar-refractivity contribution in [1.82, 2.24) is 19.8 Å². The number of aryl methyl sites for hydroxylation is 2. The first-order valence-corrected chi connectivity index (χ1v) is 10.8. The Hall–Kier alpha value is -1.16. The second-order valence-corrected chi connectivity index (χ2v) is 9.38. The number of halogens is 1. The maximum Gasteiger partial charge on any atom is 0.246 e. The molecule has 8 nitrogen and oxygen atoms in total. The largest absolute Gasteiger partial charge is 0.353 e. The average Bonchev–Trinajstić information content (AvgIpc) is 3.20. The van der Waals surface area contributed by atoms with Gasteiger partial charge in [0.15, 0.2) is 0 Å². The molecule has 3 unspecified atom stereocenters. The van der Waals surface area contributed by atoms with Crippen LogP contribution in [0.3, 0.4) is 0 Å². The van der Waals surface area contributed by atoms with E-state index in [2.05, 4.69) is 15.5 Å². The number of nitrogens with two attached hydrogens (primary N) is 1. The van der Waals surface area contributed by atoms with Crippen LogP contribution >= 0.6 is 12.4 Å². The molecule has 2 fully saturated rings. The van der Waals surface area contributed by atoms with Gasteiger partial charge in [0.05, 0.1) is 17.3 Å². The molecular weight excluding hydrogens is 390 g/mol. The van der Waals surface area contributed by atoms with Crippen molar-refractivity contribution >= 4 is 28.3 Å². The number of aromatic amines is 1. The Bertz CT molecular complexity index is 747.